The van der Waals surface area contributed by atoms with Gasteiger partial charge in [-0.25, -0.2) is 9.97 Å². The van der Waals surface area contributed by atoms with E-state index in [1.54, 1.807) is 0 Å². The Morgan fingerprint density at radius 1 is 1.19 bits per heavy atom. The first-order chi connectivity index (χ1) is 7.74. The Morgan fingerprint density at radius 3 is 2.50 bits per heavy atom. The fourth-order valence-electron chi connectivity index (χ4n) is 1.69. The van der Waals surface area contributed by atoms with E-state index in [1.807, 2.05) is 19.9 Å². The van der Waals surface area contributed by atoms with Crippen molar-refractivity contribution in [2.24, 2.45) is 0 Å². The maximum absolute atomic E-state index is 4.34. The quantitative estimate of drug-likeness (QED) is 0.716. The minimum absolute atomic E-state index is 0.754. The molecule has 88 valence electrons. The van der Waals surface area contributed by atoms with Crippen molar-refractivity contribution in [2.75, 3.05) is 18.4 Å². The summed E-state index contributed by atoms with van der Waals surface area (Å²) in [6.45, 7) is 6.01. The number of nitrogens with one attached hydrogen (secondary N) is 2. The number of nitrogens with zero attached hydrogens (tertiary/aromatic N) is 2. The zero-order valence-electron chi connectivity index (χ0n) is 10.1. The Bertz CT molecular complexity index is 327. The second kappa shape index (κ2) is 5.25. The Hall–Kier alpha value is -1.16. The SMILES string of the molecule is Cc1cc(C)nc(NCCCNC2CC2)n1. The minimum atomic E-state index is 0.754. The van der Waals surface area contributed by atoms with E-state index in [1.165, 1.54) is 12.8 Å². The first kappa shape index (κ1) is 11.3. The summed E-state index contributed by atoms with van der Waals surface area (Å²) in [6.07, 6.45) is 3.83. The summed E-state index contributed by atoms with van der Waals surface area (Å²) >= 11 is 0. The molecule has 2 rings (SSSR count). The summed E-state index contributed by atoms with van der Waals surface area (Å²) in [5.41, 5.74) is 2.04. The normalized spacial score (nSPS) is 15.1. The van der Waals surface area contributed by atoms with Crippen molar-refractivity contribution in [3.05, 3.63) is 17.5 Å². The predicted molar refractivity (Wildman–Crippen MR) is 65.6 cm³/mol. The molecule has 0 amide bonds. The molecule has 0 atom stereocenters. The second-order valence-corrected chi connectivity index (χ2v) is 4.48. The summed E-state index contributed by atoms with van der Waals surface area (Å²) in [5.74, 6) is 0.754. The van der Waals surface area contributed by atoms with Crippen LogP contribution >= 0.6 is 0 Å². The molecule has 0 aliphatic heterocycles. The highest BCUT2D eigenvalue weighted by Crippen LogP contribution is 2.18. The molecule has 2 N–H and O–H groups in total. The Morgan fingerprint density at radius 2 is 1.88 bits per heavy atom. The molecule has 1 heterocycles. The summed E-state index contributed by atoms with van der Waals surface area (Å²) < 4.78 is 0. The third-order valence-electron chi connectivity index (χ3n) is 2.63. The molecule has 0 spiro atoms. The zero-order valence-corrected chi connectivity index (χ0v) is 10.1. The highest BCUT2D eigenvalue weighted by Gasteiger charge is 2.19. The number of hydrogen-bond acceptors (Lipinski definition) is 4. The van der Waals surface area contributed by atoms with Crippen LogP contribution < -0.4 is 10.6 Å². The third-order valence-corrected chi connectivity index (χ3v) is 2.63. The predicted octanol–water partition coefficient (Wildman–Crippen LogP) is 1.65. The van der Waals surface area contributed by atoms with Crippen LogP contribution in [0.5, 0.6) is 0 Å². The van der Waals surface area contributed by atoms with Crippen molar-refractivity contribution in [3.63, 3.8) is 0 Å². The van der Waals surface area contributed by atoms with Crippen LogP contribution in [0.2, 0.25) is 0 Å². The van der Waals surface area contributed by atoms with E-state index in [9.17, 15) is 0 Å². The molecular formula is C12H20N4. The van der Waals surface area contributed by atoms with Crippen LogP contribution in [0.3, 0.4) is 0 Å². The standard InChI is InChI=1S/C12H20N4/c1-9-8-10(2)16-12(15-9)14-7-3-6-13-11-4-5-11/h8,11,13H,3-7H2,1-2H3,(H,14,15,16). The number of anilines is 1. The Kier molecular flexibility index (Phi) is 3.72. The molecule has 4 heteroatoms. The van der Waals surface area contributed by atoms with Gasteiger partial charge in [0.1, 0.15) is 0 Å². The van der Waals surface area contributed by atoms with E-state index >= 15 is 0 Å². The van der Waals surface area contributed by atoms with Crippen LogP contribution in [0.4, 0.5) is 5.95 Å². The second-order valence-electron chi connectivity index (χ2n) is 4.48. The summed E-state index contributed by atoms with van der Waals surface area (Å²) in [4.78, 5) is 8.67. The van der Waals surface area contributed by atoms with E-state index < -0.39 is 0 Å². The monoisotopic (exact) mass is 220 g/mol. The third kappa shape index (κ3) is 3.77. The van der Waals surface area contributed by atoms with Crippen LogP contribution in [-0.2, 0) is 0 Å². The van der Waals surface area contributed by atoms with Crippen molar-refractivity contribution >= 4 is 5.95 Å². The lowest BCUT2D eigenvalue weighted by atomic mass is 10.3. The summed E-state index contributed by atoms with van der Waals surface area (Å²) in [5, 5.41) is 6.74. The Labute approximate surface area is 96.9 Å². The molecule has 4 nitrogen and oxygen atoms in total. The van der Waals surface area contributed by atoms with Gasteiger partial charge in [-0.15, -0.1) is 0 Å². The molecule has 0 aromatic carbocycles. The van der Waals surface area contributed by atoms with Gasteiger partial charge in [0.05, 0.1) is 0 Å². The van der Waals surface area contributed by atoms with Gasteiger partial charge in [-0.05, 0) is 45.7 Å². The van der Waals surface area contributed by atoms with Crippen molar-refractivity contribution in [1.82, 2.24) is 15.3 Å². The molecule has 0 unspecified atom stereocenters. The van der Waals surface area contributed by atoms with Crippen LogP contribution in [0.25, 0.3) is 0 Å². The highest BCUT2D eigenvalue weighted by atomic mass is 15.1. The number of aromatic nitrogens is 2. The van der Waals surface area contributed by atoms with Crippen LogP contribution in [0.15, 0.2) is 6.07 Å². The lowest BCUT2D eigenvalue weighted by molar-refractivity contribution is 0.658. The fraction of sp³-hybridized carbons (Fsp3) is 0.667. The number of rotatable bonds is 6. The molecule has 1 fully saturated rings. The first-order valence-electron chi connectivity index (χ1n) is 6.03. The molecular weight excluding hydrogens is 200 g/mol. The molecule has 0 bridgehead atoms. The highest BCUT2D eigenvalue weighted by molar-refractivity contribution is 5.27. The van der Waals surface area contributed by atoms with E-state index in [-0.39, 0.29) is 0 Å². The smallest absolute Gasteiger partial charge is 0.223 e. The molecule has 1 aromatic heterocycles. The number of aryl methyl sites for hydroxylation is 2. The first-order valence-corrected chi connectivity index (χ1v) is 6.03. The minimum Gasteiger partial charge on any atom is -0.354 e. The van der Waals surface area contributed by atoms with Gasteiger partial charge in [-0.1, -0.05) is 0 Å². The fourth-order valence-corrected chi connectivity index (χ4v) is 1.69. The van der Waals surface area contributed by atoms with Crippen LogP contribution in [0.1, 0.15) is 30.7 Å². The molecule has 1 saturated carbocycles. The van der Waals surface area contributed by atoms with Gasteiger partial charge in [0, 0.05) is 24.0 Å². The van der Waals surface area contributed by atoms with Gasteiger partial charge in [-0.3, -0.25) is 0 Å². The zero-order chi connectivity index (χ0) is 11.4. The lowest BCUT2D eigenvalue weighted by Gasteiger charge is -2.06. The van der Waals surface area contributed by atoms with Gasteiger partial charge >= 0.3 is 0 Å². The largest absolute Gasteiger partial charge is 0.354 e. The van der Waals surface area contributed by atoms with E-state index in [2.05, 4.69) is 20.6 Å². The molecule has 1 aliphatic rings. The van der Waals surface area contributed by atoms with Crippen molar-refractivity contribution in [2.45, 2.75) is 39.2 Å². The maximum Gasteiger partial charge on any atom is 0.223 e. The van der Waals surface area contributed by atoms with Crippen molar-refractivity contribution in [3.8, 4) is 0 Å². The average Bonchev–Trinajstić information content (AvgIpc) is 2.99. The molecule has 0 saturated heterocycles. The van der Waals surface area contributed by atoms with E-state index in [4.69, 9.17) is 0 Å². The lowest BCUT2D eigenvalue weighted by Crippen LogP contribution is -2.20. The molecule has 0 radical (unpaired) electrons. The van der Waals surface area contributed by atoms with Gasteiger partial charge in [0.2, 0.25) is 5.95 Å². The summed E-state index contributed by atoms with van der Waals surface area (Å²) in [6, 6.07) is 2.79. The summed E-state index contributed by atoms with van der Waals surface area (Å²) in [7, 11) is 0. The van der Waals surface area contributed by atoms with Crippen LogP contribution in [-0.4, -0.2) is 29.1 Å². The van der Waals surface area contributed by atoms with Crippen molar-refractivity contribution in [1.29, 1.82) is 0 Å². The van der Waals surface area contributed by atoms with Crippen molar-refractivity contribution < 1.29 is 0 Å². The van der Waals surface area contributed by atoms with E-state index in [0.717, 1.165) is 42.9 Å². The maximum atomic E-state index is 4.34. The molecule has 1 aromatic rings. The van der Waals surface area contributed by atoms with Crippen LogP contribution in [0, 0.1) is 13.8 Å². The topological polar surface area (TPSA) is 49.8 Å². The number of hydrogen-bond donors (Lipinski definition) is 2. The molecule has 1 aliphatic carbocycles. The van der Waals surface area contributed by atoms with Gasteiger partial charge in [0.15, 0.2) is 0 Å². The average molecular weight is 220 g/mol. The Balaban J connectivity index is 1.67. The molecule has 16 heavy (non-hydrogen) atoms. The van der Waals surface area contributed by atoms with E-state index in [0.29, 0.717) is 0 Å². The van der Waals surface area contributed by atoms with Gasteiger partial charge in [-0.2, -0.15) is 0 Å². The van der Waals surface area contributed by atoms with Gasteiger partial charge < -0.3 is 10.6 Å². The van der Waals surface area contributed by atoms with Gasteiger partial charge in [0.25, 0.3) is 0 Å².